The monoisotopic (exact) mass is 244 g/mol. The molecule has 90 valence electrons. The van der Waals surface area contributed by atoms with Gasteiger partial charge in [0.1, 0.15) is 5.82 Å². The van der Waals surface area contributed by atoms with Gasteiger partial charge in [-0.1, -0.05) is 11.6 Å². The molecule has 1 heterocycles. The Labute approximate surface area is 101 Å². The first-order chi connectivity index (χ1) is 7.84. The lowest BCUT2D eigenvalue weighted by atomic mass is 10.4. The fourth-order valence-corrected chi connectivity index (χ4v) is 1.33. The lowest BCUT2D eigenvalue weighted by Gasteiger charge is -2.07. The Morgan fingerprint density at radius 2 is 2.25 bits per heavy atom. The highest BCUT2D eigenvalue weighted by molar-refractivity contribution is 6.32. The second-order valence-electron chi connectivity index (χ2n) is 3.22. The van der Waals surface area contributed by atoms with Crippen molar-refractivity contribution in [1.82, 2.24) is 4.98 Å². The van der Waals surface area contributed by atoms with Gasteiger partial charge in [-0.25, -0.2) is 4.98 Å². The molecule has 1 aromatic rings. The minimum Gasteiger partial charge on any atom is -0.382 e. The van der Waals surface area contributed by atoms with Crippen molar-refractivity contribution in [2.75, 3.05) is 38.8 Å². The van der Waals surface area contributed by atoms with Crippen molar-refractivity contribution in [2.45, 2.75) is 6.42 Å². The summed E-state index contributed by atoms with van der Waals surface area (Å²) in [7, 11) is 1.66. The van der Waals surface area contributed by atoms with E-state index >= 15 is 0 Å². The third-order valence-electron chi connectivity index (χ3n) is 1.95. The van der Waals surface area contributed by atoms with Gasteiger partial charge in [-0.2, -0.15) is 0 Å². The van der Waals surface area contributed by atoms with Crippen LogP contribution in [0.15, 0.2) is 18.3 Å². The number of ether oxygens (including phenoxy) is 2. The molecule has 0 saturated heterocycles. The lowest BCUT2D eigenvalue weighted by molar-refractivity contribution is 0.0705. The smallest absolute Gasteiger partial charge is 0.144 e. The van der Waals surface area contributed by atoms with E-state index in [9.17, 15) is 0 Å². The average molecular weight is 245 g/mol. The number of nitrogens with zero attached hydrogens (tertiary/aromatic N) is 1. The summed E-state index contributed by atoms with van der Waals surface area (Å²) in [5.41, 5.74) is 0. The second kappa shape index (κ2) is 8.33. The van der Waals surface area contributed by atoms with E-state index in [1.165, 1.54) is 0 Å². The topological polar surface area (TPSA) is 43.4 Å². The van der Waals surface area contributed by atoms with Crippen molar-refractivity contribution < 1.29 is 9.47 Å². The molecule has 0 amide bonds. The highest BCUT2D eigenvalue weighted by Crippen LogP contribution is 2.16. The number of anilines is 1. The molecule has 0 saturated carbocycles. The number of rotatable bonds is 8. The molecule has 0 unspecified atom stereocenters. The van der Waals surface area contributed by atoms with Gasteiger partial charge in [-0.3, -0.25) is 0 Å². The van der Waals surface area contributed by atoms with E-state index in [0.29, 0.717) is 24.8 Å². The highest BCUT2D eigenvalue weighted by atomic mass is 35.5. The third kappa shape index (κ3) is 5.30. The van der Waals surface area contributed by atoms with Crippen molar-refractivity contribution in [2.24, 2.45) is 0 Å². The first-order valence-electron chi connectivity index (χ1n) is 5.25. The first kappa shape index (κ1) is 13.2. The molecule has 1 rings (SSSR count). The van der Waals surface area contributed by atoms with E-state index in [4.69, 9.17) is 21.1 Å². The van der Waals surface area contributed by atoms with Crippen molar-refractivity contribution in [3.05, 3.63) is 23.4 Å². The molecule has 0 radical (unpaired) electrons. The molecule has 16 heavy (non-hydrogen) atoms. The summed E-state index contributed by atoms with van der Waals surface area (Å²) in [4.78, 5) is 4.12. The maximum atomic E-state index is 5.93. The third-order valence-corrected chi connectivity index (χ3v) is 2.25. The minimum absolute atomic E-state index is 0.638. The van der Waals surface area contributed by atoms with Gasteiger partial charge in [0.05, 0.1) is 18.2 Å². The molecule has 0 fully saturated rings. The number of methoxy groups -OCH3 is 1. The number of halogens is 1. The summed E-state index contributed by atoms with van der Waals surface area (Å²) in [6.07, 6.45) is 2.62. The molecule has 5 heteroatoms. The standard InChI is InChI=1S/C11H17ClN2O2/c1-15-8-9-16-7-3-6-14-11-10(12)4-2-5-13-11/h2,4-5H,3,6-9H2,1H3,(H,13,14). The van der Waals surface area contributed by atoms with E-state index < -0.39 is 0 Å². The van der Waals surface area contributed by atoms with Crippen molar-refractivity contribution >= 4 is 17.4 Å². The molecule has 4 nitrogen and oxygen atoms in total. The van der Waals surface area contributed by atoms with Crippen LogP contribution in [0.2, 0.25) is 5.02 Å². The molecule has 0 aliphatic rings. The van der Waals surface area contributed by atoms with Gasteiger partial charge in [-0.15, -0.1) is 0 Å². The Kier molecular flexibility index (Phi) is 6.88. The van der Waals surface area contributed by atoms with Gasteiger partial charge in [0.25, 0.3) is 0 Å². The maximum Gasteiger partial charge on any atom is 0.144 e. The molecule has 0 aliphatic carbocycles. The zero-order chi connectivity index (χ0) is 11.6. The molecule has 0 aliphatic heterocycles. The molecule has 0 atom stereocenters. The van der Waals surface area contributed by atoms with Gasteiger partial charge >= 0.3 is 0 Å². The SMILES string of the molecule is COCCOCCCNc1ncccc1Cl. The molecule has 1 aromatic heterocycles. The number of hydrogen-bond donors (Lipinski definition) is 1. The molecule has 1 N–H and O–H groups in total. The Hall–Kier alpha value is -0.840. The van der Waals surface area contributed by atoms with Gasteiger partial charge < -0.3 is 14.8 Å². The van der Waals surface area contributed by atoms with Crippen LogP contribution < -0.4 is 5.32 Å². The first-order valence-corrected chi connectivity index (χ1v) is 5.63. The van der Waals surface area contributed by atoms with Gasteiger partial charge in [0.2, 0.25) is 0 Å². The van der Waals surface area contributed by atoms with Crippen LogP contribution in [0.3, 0.4) is 0 Å². The molecular formula is C11H17ClN2O2. The van der Waals surface area contributed by atoms with Crippen LogP contribution in [0.4, 0.5) is 5.82 Å². The van der Waals surface area contributed by atoms with E-state index in [2.05, 4.69) is 10.3 Å². The quantitative estimate of drug-likeness (QED) is 0.712. The van der Waals surface area contributed by atoms with E-state index in [-0.39, 0.29) is 0 Å². The van der Waals surface area contributed by atoms with Gasteiger partial charge in [0.15, 0.2) is 0 Å². The summed E-state index contributed by atoms with van der Waals surface area (Å²) < 4.78 is 10.2. The normalized spacial score (nSPS) is 10.4. The summed E-state index contributed by atoms with van der Waals surface area (Å²) in [6.45, 7) is 2.78. The van der Waals surface area contributed by atoms with Crippen molar-refractivity contribution in [3.8, 4) is 0 Å². The van der Waals surface area contributed by atoms with Gasteiger partial charge in [-0.05, 0) is 18.6 Å². The summed E-state index contributed by atoms with van der Waals surface area (Å²) in [5.74, 6) is 0.723. The van der Waals surface area contributed by atoms with Crippen LogP contribution in [0.5, 0.6) is 0 Å². The molecular weight excluding hydrogens is 228 g/mol. The predicted molar refractivity (Wildman–Crippen MR) is 65.0 cm³/mol. The summed E-state index contributed by atoms with van der Waals surface area (Å²) >= 11 is 5.93. The Balaban J connectivity index is 2.05. The largest absolute Gasteiger partial charge is 0.382 e. The molecule has 0 spiro atoms. The highest BCUT2D eigenvalue weighted by Gasteiger charge is 1.98. The Bertz CT molecular complexity index is 297. The van der Waals surface area contributed by atoms with E-state index in [1.54, 1.807) is 19.4 Å². The summed E-state index contributed by atoms with van der Waals surface area (Å²) in [6, 6.07) is 3.62. The second-order valence-corrected chi connectivity index (χ2v) is 3.63. The van der Waals surface area contributed by atoms with Crippen molar-refractivity contribution in [1.29, 1.82) is 0 Å². The Morgan fingerprint density at radius 1 is 1.38 bits per heavy atom. The van der Waals surface area contributed by atoms with Crippen LogP contribution in [0.1, 0.15) is 6.42 Å². The van der Waals surface area contributed by atoms with E-state index in [1.807, 2.05) is 6.07 Å². The number of nitrogens with one attached hydrogen (secondary N) is 1. The van der Waals surface area contributed by atoms with E-state index in [0.717, 1.165) is 18.8 Å². The van der Waals surface area contributed by atoms with Crippen LogP contribution >= 0.6 is 11.6 Å². The number of hydrogen-bond acceptors (Lipinski definition) is 4. The van der Waals surface area contributed by atoms with Crippen LogP contribution in [-0.2, 0) is 9.47 Å². The Morgan fingerprint density at radius 3 is 3.00 bits per heavy atom. The fraction of sp³-hybridized carbons (Fsp3) is 0.545. The fourth-order valence-electron chi connectivity index (χ4n) is 1.14. The maximum absolute atomic E-state index is 5.93. The average Bonchev–Trinajstić information content (AvgIpc) is 2.30. The van der Waals surface area contributed by atoms with Crippen molar-refractivity contribution in [3.63, 3.8) is 0 Å². The van der Waals surface area contributed by atoms with Crippen LogP contribution in [0, 0.1) is 0 Å². The molecule has 0 aromatic carbocycles. The minimum atomic E-state index is 0.638. The number of pyridine rings is 1. The zero-order valence-corrected chi connectivity index (χ0v) is 10.2. The summed E-state index contributed by atoms with van der Waals surface area (Å²) in [5, 5.41) is 3.79. The number of aromatic nitrogens is 1. The van der Waals surface area contributed by atoms with Gasteiger partial charge in [0, 0.05) is 26.5 Å². The van der Waals surface area contributed by atoms with Crippen LogP contribution in [-0.4, -0.2) is 38.5 Å². The predicted octanol–water partition coefficient (Wildman–Crippen LogP) is 2.20. The van der Waals surface area contributed by atoms with Crippen LogP contribution in [0.25, 0.3) is 0 Å². The zero-order valence-electron chi connectivity index (χ0n) is 9.41. The lowest BCUT2D eigenvalue weighted by Crippen LogP contribution is -2.09. The molecule has 0 bridgehead atoms.